The van der Waals surface area contributed by atoms with Crippen LogP contribution in [0.5, 0.6) is 0 Å². The van der Waals surface area contributed by atoms with Crippen LogP contribution in [0.25, 0.3) is 0 Å². The number of amides is 1. The largest absolute Gasteiger partial charge is 0.461 e. The fraction of sp³-hybridized carbons (Fsp3) is 0.857. The molecule has 114 valence electrons. The second-order valence-corrected chi connectivity index (χ2v) is 5.67. The first-order chi connectivity index (χ1) is 9.56. The number of hydrogen-bond acceptors (Lipinski definition) is 5. The highest BCUT2D eigenvalue weighted by molar-refractivity contribution is 5.79. The fourth-order valence-electron chi connectivity index (χ4n) is 2.63. The van der Waals surface area contributed by atoms with Crippen LogP contribution >= 0.6 is 0 Å². The predicted octanol–water partition coefficient (Wildman–Crippen LogP) is 0.261. The highest BCUT2D eigenvalue weighted by Gasteiger charge is 2.29. The van der Waals surface area contributed by atoms with E-state index in [-0.39, 0.29) is 24.0 Å². The minimum atomic E-state index is -0.258. The Morgan fingerprint density at radius 3 is 2.65 bits per heavy atom. The van der Waals surface area contributed by atoms with E-state index in [0.29, 0.717) is 32.7 Å². The highest BCUT2D eigenvalue weighted by Crippen LogP contribution is 2.17. The van der Waals surface area contributed by atoms with Crippen LogP contribution in [0.3, 0.4) is 0 Å². The van der Waals surface area contributed by atoms with Gasteiger partial charge in [-0.25, -0.2) is 0 Å². The van der Waals surface area contributed by atoms with Crippen LogP contribution in [-0.2, 0) is 19.1 Å². The fourth-order valence-corrected chi connectivity index (χ4v) is 2.63. The van der Waals surface area contributed by atoms with Gasteiger partial charge in [0.15, 0.2) is 0 Å². The van der Waals surface area contributed by atoms with Gasteiger partial charge in [-0.1, -0.05) is 0 Å². The summed E-state index contributed by atoms with van der Waals surface area (Å²) in [4.78, 5) is 27.7. The Kier molecular flexibility index (Phi) is 5.37. The number of nitrogens with zero attached hydrogens (tertiary/aromatic N) is 2. The molecule has 0 saturated carbocycles. The molecule has 2 rings (SSSR count). The first-order valence-corrected chi connectivity index (χ1v) is 7.35. The van der Waals surface area contributed by atoms with Gasteiger partial charge in [0.1, 0.15) is 6.10 Å². The lowest BCUT2D eigenvalue weighted by atomic mass is 10.1. The predicted molar refractivity (Wildman–Crippen MR) is 73.2 cm³/mol. The van der Waals surface area contributed by atoms with E-state index in [4.69, 9.17) is 9.47 Å². The van der Waals surface area contributed by atoms with Crippen LogP contribution < -0.4 is 0 Å². The van der Waals surface area contributed by atoms with Crippen molar-refractivity contribution in [2.24, 2.45) is 0 Å². The molecular weight excluding hydrogens is 260 g/mol. The number of likely N-dealkylation sites (tertiary alicyclic amines) is 1. The molecule has 0 aromatic rings. The van der Waals surface area contributed by atoms with E-state index in [2.05, 4.69) is 0 Å². The van der Waals surface area contributed by atoms with Crippen molar-refractivity contribution in [1.29, 1.82) is 0 Å². The maximum absolute atomic E-state index is 11.9. The Balaban J connectivity index is 1.73. The summed E-state index contributed by atoms with van der Waals surface area (Å²) in [5.41, 5.74) is 0. The van der Waals surface area contributed by atoms with Gasteiger partial charge in [0.2, 0.25) is 5.91 Å². The molecule has 2 fully saturated rings. The van der Waals surface area contributed by atoms with Crippen LogP contribution in [0.15, 0.2) is 0 Å². The molecule has 0 aliphatic carbocycles. The van der Waals surface area contributed by atoms with Gasteiger partial charge in [-0.15, -0.1) is 0 Å². The summed E-state index contributed by atoms with van der Waals surface area (Å²) >= 11 is 0. The molecule has 1 atom stereocenters. The standard InChI is InChI=1S/C14H24N2O4/c1-11(2)16-4-3-12(9-13(16)17)20-14(18)10-15-5-7-19-8-6-15/h11-12H,3-10H2,1-2H3. The number of carbonyl (C=O) groups is 2. The van der Waals surface area contributed by atoms with Crippen LogP contribution in [0.4, 0.5) is 0 Å². The molecule has 0 aromatic heterocycles. The monoisotopic (exact) mass is 284 g/mol. The van der Waals surface area contributed by atoms with Crippen LogP contribution in [0.1, 0.15) is 26.7 Å². The summed E-state index contributed by atoms with van der Waals surface area (Å²) < 4.78 is 10.7. The van der Waals surface area contributed by atoms with Gasteiger partial charge in [-0.3, -0.25) is 14.5 Å². The zero-order valence-electron chi connectivity index (χ0n) is 12.3. The molecule has 0 radical (unpaired) electrons. The quantitative estimate of drug-likeness (QED) is 0.693. The zero-order valence-corrected chi connectivity index (χ0v) is 12.3. The molecule has 0 bridgehead atoms. The van der Waals surface area contributed by atoms with Crippen molar-refractivity contribution in [2.75, 3.05) is 39.4 Å². The first kappa shape index (κ1) is 15.3. The molecule has 2 aliphatic heterocycles. The number of ether oxygens (including phenoxy) is 2. The molecular formula is C14H24N2O4. The molecule has 2 aliphatic rings. The van der Waals surface area contributed by atoms with Gasteiger partial charge < -0.3 is 14.4 Å². The highest BCUT2D eigenvalue weighted by atomic mass is 16.5. The molecule has 1 amide bonds. The molecule has 1 unspecified atom stereocenters. The summed E-state index contributed by atoms with van der Waals surface area (Å²) in [7, 11) is 0. The summed E-state index contributed by atoms with van der Waals surface area (Å²) in [6.07, 6.45) is 0.789. The van der Waals surface area contributed by atoms with Crippen LogP contribution in [0, 0.1) is 0 Å². The van der Waals surface area contributed by atoms with Gasteiger partial charge in [0.05, 0.1) is 26.2 Å². The van der Waals surface area contributed by atoms with E-state index in [1.165, 1.54) is 0 Å². The number of esters is 1. The second kappa shape index (κ2) is 7.04. The van der Waals surface area contributed by atoms with Crippen molar-refractivity contribution in [2.45, 2.75) is 38.8 Å². The Hall–Kier alpha value is -1.14. The maximum Gasteiger partial charge on any atom is 0.320 e. The third-order valence-electron chi connectivity index (χ3n) is 3.79. The molecule has 0 aromatic carbocycles. The average Bonchev–Trinajstić information content (AvgIpc) is 2.39. The minimum absolute atomic E-state index is 0.0791. The molecule has 0 N–H and O–H groups in total. The third-order valence-corrected chi connectivity index (χ3v) is 3.79. The SMILES string of the molecule is CC(C)N1CCC(OC(=O)CN2CCOCC2)CC1=O. The van der Waals surface area contributed by atoms with E-state index in [1.54, 1.807) is 0 Å². The van der Waals surface area contributed by atoms with Crippen molar-refractivity contribution in [3.63, 3.8) is 0 Å². The Morgan fingerprint density at radius 2 is 2.05 bits per heavy atom. The van der Waals surface area contributed by atoms with Gasteiger partial charge >= 0.3 is 5.97 Å². The summed E-state index contributed by atoms with van der Waals surface area (Å²) in [6.45, 7) is 7.83. The Bertz CT molecular complexity index is 353. The smallest absolute Gasteiger partial charge is 0.320 e. The molecule has 2 saturated heterocycles. The number of morpholine rings is 1. The maximum atomic E-state index is 11.9. The van der Waals surface area contributed by atoms with Crippen molar-refractivity contribution < 1.29 is 19.1 Å². The number of carbonyl (C=O) groups excluding carboxylic acids is 2. The summed E-state index contributed by atoms with van der Waals surface area (Å²) in [6, 6.07) is 0.215. The molecule has 6 nitrogen and oxygen atoms in total. The topological polar surface area (TPSA) is 59.1 Å². The Labute approximate surface area is 120 Å². The van der Waals surface area contributed by atoms with Crippen LogP contribution in [0.2, 0.25) is 0 Å². The Morgan fingerprint density at radius 1 is 1.35 bits per heavy atom. The van der Waals surface area contributed by atoms with E-state index in [0.717, 1.165) is 19.5 Å². The van der Waals surface area contributed by atoms with Gasteiger partial charge in [-0.2, -0.15) is 0 Å². The molecule has 20 heavy (non-hydrogen) atoms. The normalized spacial score (nSPS) is 25.1. The van der Waals surface area contributed by atoms with E-state index in [9.17, 15) is 9.59 Å². The average molecular weight is 284 g/mol. The first-order valence-electron chi connectivity index (χ1n) is 7.35. The zero-order chi connectivity index (χ0) is 14.5. The molecule has 0 spiro atoms. The number of piperidine rings is 1. The lowest BCUT2D eigenvalue weighted by Crippen LogP contribution is -2.46. The van der Waals surface area contributed by atoms with Gasteiger partial charge in [0.25, 0.3) is 0 Å². The summed E-state index contributed by atoms with van der Waals surface area (Å²) in [5, 5.41) is 0. The van der Waals surface area contributed by atoms with Crippen LogP contribution in [-0.4, -0.2) is 73.2 Å². The third kappa shape index (κ3) is 4.18. The van der Waals surface area contributed by atoms with Crippen molar-refractivity contribution in [3.05, 3.63) is 0 Å². The molecule has 6 heteroatoms. The minimum Gasteiger partial charge on any atom is -0.461 e. The van der Waals surface area contributed by atoms with Crippen molar-refractivity contribution in [3.8, 4) is 0 Å². The lowest BCUT2D eigenvalue weighted by Gasteiger charge is -2.34. The van der Waals surface area contributed by atoms with Gasteiger partial charge in [-0.05, 0) is 13.8 Å². The van der Waals surface area contributed by atoms with Gasteiger partial charge in [0, 0.05) is 32.1 Å². The molecule has 2 heterocycles. The number of rotatable bonds is 4. The lowest BCUT2D eigenvalue weighted by molar-refractivity contribution is -0.157. The van der Waals surface area contributed by atoms with E-state index < -0.39 is 0 Å². The number of hydrogen-bond donors (Lipinski definition) is 0. The van der Waals surface area contributed by atoms with Crippen molar-refractivity contribution in [1.82, 2.24) is 9.80 Å². The second-order valence-electron chi connectivity index (χ2n) is 5.67. The van der Waals surface area contributed by atoms with E-state index in [1.807, 2.05) is 23.6 Å². The summed E-state index contributed by atoms with van der Waals surface area (Å²) in [5.74, 6) is -0.155. The van der Waals surface area contributed by atoms with E-state index >= 15 is 0 Å². The van der Waals surface area contributed by atoms with Crippen molar-refractivity contribution >= 4 is 11.9 Å².